The molecule has 0 spiro atoms. The number of hydrogen-bond donors (Lipinski definition) is 1. The third kappa shape index (κ3) is 5.58. The van der Waals surface area contributed by atoms with E-state index in [-0.39, 0.29) is 11.5 Å². The van der Waals surface area contributed by atoms with Crippen LogP contribution in [0.25, 0.3) is 0 Å². The molecule has 0 saturated carbocycles. The first-order valence-corrected chi connectivity index (χ1v) is 9.60. The summed E-state index contributed by atoms with van der Waals surface area (Å²) in [5, 5.41) is 0. The van der Waals surface area contributed by atoms with Crippen molar-refractivity contribution in [2.24, 2.45) is 0 Å². The second-order valence-electron chi connectivity index (χ2n) is 6.89. The van der Waals surface area contributed by atoms with Crippen LogP contribution in [0.2, 0.25) is 0 Å². The van der Waals surface area contributed by atoms with Gasteiger partial charge in [-0.3, -0.25) is 9.59 Å². The number of aromatic nitrogens is 1. The third-order valence-electron chi connectivity index (χ3n) is 4.78. The monoisotopic (exact) mass is 354 g/mol. The lowest BCUT2D eigenvalue weighted by Gasteiger charge is -2.32. The number of nitrogens with zero attached hydrogens (tertiary/aromatic N) is 1. The summed E-state index contributed by atoms with van der Waals surface area (Å²) in [7, 11) is 0. The van der Waals surface area contributed by atoms with Crippen LogP contribution in [0.5, 0.6) is 0 Å². The van der Waals surface area contributed by atoms with Crippen LogP contribution >= 0.6 is 0 Å². The van der Waals surface area contributed by atoms with E-state index in [4.69, 9.17) is 0 Å². The van der Waals surface area contributed by atoms with Crippen molar-refractivity contribution < 1.29 is 4.79 Å². The predicted molar refractivity (Wildman–Crippen MR) is 107 cm³/mol. The van der Waals surface area contributed by atoms with Crippen LogP contribution in [0.1, 0.15) is 67.1 Å². The van der Waals surface area contributed by atoms with E-state index in [1.807, 2.05) is 11.0 Å². The maximum absolute atomic E-state index is 12.5. The quantitative estimate of drug-likeness (QED) is 0.882. The Hall–Kier alpha value is -2.36. The molecule has 0 bridgehead atoms. The molecule has 1 aliphatic rings. The van der Waals surface area contributed by atoms with Crippen molar-refractivity contribution in [3.05, 3.63) is 69.6 Å². The molecule has 1 aromatic carbocycles. The largest absolute Gasteiger partial charge is 0.339 e. The second-order valence-corrected chi connectivity index (χ2v) is 6.89. The molecule has 4 heteroatoms. The van der Waals surface area contributed by atoms with Gasteiger partial charge >= 0.3 is 0 Å². The normalized spacial score (nSPS) is 14.5. The van der Waals surface area contributed by atoms with Gasteiger partial charge in [-0.25, -0.2) is 0 Å². The highest BCUT2D eigenvalue weighted by Gasteiger charge is 2.24. The van der Waals surface area contributed by atoms with E-state index >= 15 is 0 Å². The van der Waals surface area contributed by atoms with Gasteiger partial charge in [-0.15, -0.1) is 0 Å². The number of H-pyrrole nitrogens is 1. The highest BCUT2D eigenvalue weighted by atomic mass is 16.2. The van der Waals surface area contributed by atoms with Gasteiger partial charge in [-0.2, -0.15) is 0 Å². The fraction of sp³-hybridized carbons (Fsp3) is 0.455. The van der Waals surface area contributed by atoms with Gasteiger partial charge in [0.25, 0.3) is 5.91 Å². The van der Waals surface area contributed by atoms with Gasteiger partial charge in [-0.1, -0.05) is 57.0 Å². The molecule has 4 nitrogen and oxygen atoms in total. The lowest BCUT2D eigenvalue weighted by Crippen LogP contribution is -2.38. The highest BCUT2D eigenvalue weighted by molar-refractivity contribution is 5.94. The van der Waals surface area contributed by atoms with Gasteiger partial charge in [0, 0.05) is 30.4 Å². The van der Waals surface area contributed by atoms with Gasteiger partial charge in [0.15, 0.2) is 0 Å². The molecular weight excluding hydrogens is 324 g/mol. The van der Waals surface area contributed by atoms with Gasteiger partial charge < -0.3 is 9.88 Å². The Kier molecular flexibility index (Phi) is 7.64. The molecule has 0 aliphatic carbocycles. The van der Waals surface area contributed by atoms with E-state index in [9.17, 15) is 9.59 Å². The summed E-state index contributed by atoms with van der Waals surface area (Å²) in [5.74, 6) is 0.479. The molecule has 0 atom stereocenters. The number of piperidine rings is 1. The van der Waals surface area contributed by atoms with Gasteiger partial charge in [0.1, 0.15) is 0 Å². The molecule has 3 rings (SSSR count). The summed E-state index contributed by atoms with van der Waals surface area (Å²) >= 11 is 0. The van der Waals surface area contributed by atoms with E-state index in [2.05, 4.69) is 43.1 Å². The molecule has 1 amide bonds. The van der Waals surface area contributed by atoms with Crippen molar-refractivity contribution in [1.82, 2.24) is 9.88 Å². The first-order valence-electron chi connectivity index (χ1n) is 9.60. The van der Waals surface area contributed by atoms with Crippen molar-refractivity contribution in [1.29, 1.82) is 0 Å². The highest BCUT2D eigenvalue weighted by Crippen LogP contribution is 2.28. The molecule has 1 saturated heterocycles. The van der Waals surface area contributed by atoms with Crippen LogP contribution < -0.4 is 5.56 Å². The number of unbranched alkanes of at least 4 members (excludes halogenated alkanes) is 1. The maximum Gasteiger partial charge on any atom is 0.254 e. The van der Waals surface area contributed by atoms with E-state index in [1.165, 1.54) is 24.5 Å². The molecule has 2 heterocycles. The summed E-state index contributed by atoms with van der Waals surface area (Å²) < 4.78 is 0. The zero-order valence-corrected chi connectivity index (χ0v) is 16.1. The Morgan fingerprint density at radius 1 is 1.08 bits per heavy atom. The number of nitrogens with one attached hydrogen (secondary N) is 1. The molecule has 26 heavy (non-hydrogen) atoms. The number of carbonyl (C=O) groups excluding carboxylic acids is 1. The molecule has 1 N–H and O–H groups in total. The standard InChI is InChI=1S/C18H20N2O2.C4H10/c1-13-11-16(12-17(21)19-13)18(22)20-9-7-15(8-10-20)14-5-3-2-4-6-14;1-3-4-2/h2-6,11-12,15H,7-10H2,1H3,(H,19,21);3-4H2,1-2H3. The molecule has 1 fully saturated rings. The number of likely N-dealkylation sites (tertiary alicyclic amines) is 1. The van der Waals surface area contributed by atoms with Crippen molar-refractivity contribution in [3.63, 3.8) is 0 Å². The first-order chi connectivity index (χ1) is 12.5. The number of rotatable bonds is 3. The SMILES string of the molecule is CCCC.Cc1cc(C(=O)N2CCC(c3ccccc3)CC2)cc(=O)[nH]1. The number of benzene rings is 1. The van der Waals surface area contributed by atoms with Crippen LogP contribution in [-0.4, -0.2) is 28.9 Å². The average molecular weight is 354 g/mol. The minimum Gasteiger partial charge on any atom is -0.339 e. The van der Waals surface area contributed by atoms with Crippen molar-refractivity contribution in [2.75, 3.05) is 13.1 Å². The summed E-state index contributed by atoms with van der Waals surface area (Å²) in [6.45, 7) is 7.63. The Morgan fingerprint density at radius 3 is 2.23 bits per heavy atom. The lowest BCUT2D eigenvalue weighted by atomic mass is 9.89. The number of aromatic amines is 1. The molecule has 2 aromatic rings. The Morgan fingerprint density at radius 2 is 1.69 bits per heavy atom. The molecular formula is C22H30N2O2. The Bertz CT molecular complexity index is 742. The van der Waals surface area contributed by atoms with E-state index in [1.54, 1.807) is 13.0 Å². The maximum atomic E-state index is 12.5. The van der Waals surface area contributed by atoms with E-state index in [0.29, 0.717) is 11.5 Å². The van der Waals surface area contributed by atoms with E-state index < -0.39 is 0 Å². The summed E-state index contributed by atoms with van der Waals surface area (Å²) in [6, 6.07) is 13.6. The van der Waals surface area contributed by atoms with Crippen LogP contribution in [0.15, 0.2) is 47.3 Å². The molecule has 140 valence electrons. The van der Waals surface area contributed by atoms with Crippen LogP contribution in [-0.2, 0) is 0 Å². The van der Waals surface area contributed by atoms with Gasteiger partial charge in [0.2, 0.25) is 5.56 Å². The topological polar surface area (TPSA) is 53.2 Å². The number of hydrogen-bond acceptors (Lipinski definition) is 2. The van der Waals surface area contributed by atoms with Crippen molar-refractivity contribution in [2.45, 2.75) is 52.4 Å². The van der Waals surface area contributed by atoms with E-state index in [0.717, 1.165) is 31.6 Å². The van der Waals surface area contributed by atoms with Gasteiger partial charge in [0.05, 0.1) is 0 Å². The summed E-state index contributed by atoms with van der Waals surface area (Å²) in [5.41, 5.74) is 2.33. The van der Waals surface area contributed by atoms with Crippen molar-refractivity contribution in [3.8, 4) is 0 Å². The molecule has 0 radical (unpaired) electrons. The fourth-order valence-corrected chi connectivity index (χ4v) is 3.13. The smallest absolute Gasteiger partial charge is 0.254 e. The molecule has 1 aliphatic heterocycles. The van der Waals surface area contributed by atoms with Crippen LogP contribution in [0, 0.1) is 6.92 Å². The second kappa shape index (κ2) is 9.95. The van der Waals surface area contributed by atoms with Gasteiger partial charge in [-0.05, 0) is 37.3 Å². The number of carbonyl (C=O) groups is 1. The van der Waals surface area contributed by atoms with Crippen LogP contribution in [0.3, 0.4) is 0 Å². The summed E-state index contributed by atoms with van der Waals surface area (Å²) in [6.07, 6.45) is 4.58. The van der Waals surface area contributed by atoms with Crippen LogP contribution in [0.4, 0.5) is 0 Å². The predicted octanol–water partition coefficient (Wildman–Crippen LogP) is 4.51. The Labute approximate surface area is 156 Å². The zero-order chi connectivity index (χ0) is 18.9. The number of amides is 1. The average Bonchev–Trinajstić information content (AvgIpc) is 2.67. The third-order valence-corrected chi connectivity index (χ3v) is 4.78. The Balaban J connectivity index is 0.000000552. The number of pyridine rings is 1. The minimum atomic E-state index is -0.220. The lowest BCUT2D eigenvalue weighted by molar-refractivity contribution is 0.0712. The number of aryl methyl sites for hydroxylation is 1. The fourth-order valence-electron chi connectivity index (χ4n) is 3.13. The zero-order valence-electron chi connectivity index (χ0n) is 16.1. The molecule has 1 aromatic heterocycles. The summed E-state index contributed by atoms with van der Waals surface area (Å²) in [4.78, 5) is 28.6. The minimum absolute atomic E-state index is 0.0410. The van der Waals surface area contributed by atoms with Crippen molar-refractivity contribution >= 4 is 5.91 Å². The first kappa shape index (κ1) is 20.0. The molecule has 0 unspecified atom stereocenters.